The Bertz CT molecular complexity index is 347. The van der Waals surface area contributed by atoms with Crippen LogP contribution in [-0.2, 0) is 10.1 Å². The Kier molecular flexibility index (Phi) is 21.1. The predicted octanol–water partition coefficient (Wildman–Crippen LogP) is 1.77. The van der Waals surface area contributed by atoms with Gasteiger partial charge in [-0.25, -0.2) is 8.42 Å². The number of unbranched alkanes of at least 4 members (excludes halogenated alkanes) is 11. The molecule has 0 aromatic rings. The molecule has 0 amide bonds. The number of hydrogen-bond acceptors (Lipinski definition) is 4. The summed E-state index contributed by atoms with van der Waals surface area (Å²) >= 11 is 0. The monoisotopic (exact) mass is 372 g/mol. The average molecular weight is 373 g/mol. The van der Waals surface area contributed by atoms with Crippen LogP contribution in [0.2, 0.25) is 0 Å². The van der Waals surface area contributed by atoms with Crippen LogP contribution in [0.5, 0.6) is 0 Å². The molecule has 0 fully saturated rings. The molecule has 0 spiro atoms. The molecule has 1 atom stereocenters. The molecule has 0 aromatic heterocycles. The zero-order chi connectivity index (χ0) is 17.4. The van der Waals surface area contributed by atoms with E-state index >= 15 is 0 Å². The van der Waals surface area contributed by atoms with E-state index in [1.54, 1.807) is 0 Å². The maximum Gasteiger partial charge on any atom is 1.00 e. The summed E-state index contributed by atoms with van der Waals surface area (Å²) in [7, 11) is -4.13. The molecule has 6 heteroatoms. The Morgan fingerprint density at radius 2 is 1.12 bits per heavy atom. The maximum atomic E-state index is 11.3. The molecule has 4 nitrogen and oxygen atoms in total. The van der Waals surface area contributed by atoms with Crippen molar-refractivity contribution in [2.75, 3.05) is 6.61 Å². The normalized spacial score (nSPS) is 12.8. The van der Waals surface area contributed by atoms with Gasteiger partial charge in [-0.1, -0.05) is 84.0 Å². The van der Waals surface area contributed by atoms with Crippen LogP contribution in [0.25, 0.3) is 0 Å². The molecule has 0 aromatic carbocycles. The van der Waals surface area contributed by atoms with E-state index in [1.807, 2.05) is 0 Å². The summed E-state index contributed by atoms with van der Waals surface area (Å²) in [5.41, 5.74) is 0. The predicted molar refractivity (Wildman–Crippen MR) is 95.5 cm³/mol. The summed E-state index contributed by atoms with van der Waals surface area (Å²) in [6, 6.07) is 0. The largest absolute Gasteiger partial charge is 1.00 e. The number of rotatable bonds is 17. The SMILES string of the molecule is CCCCCCC(CCCCCCCCCCCO)S(=O)(=O)[O-].[Na+]. The van der Waals surface area contributed by atoms with E-state index in [0.717, 1.165) is 57.8 Å². The minimum absolute atomic E-state index is 0. The molecule has 0 heterocycles. The van der Waals surface area contributed by atoms with Crippen LogP contribution >= 0.6 is 0 Å². The maximum absolute atomic E-state index is 11.3. The minimum atomic E-state index is -4.13. The van der Waals surface area contributed by atoms with E-state index in [4.69, 9.17) is 5.11 Å². The van der Waals surface area contributed by atoms with Crippen LogP contribution in [0.1, 0.15) is 103 Å². The zero-order valence-electron chi connectivity index (χ0n) is 16.0. The van der Waals surface area contributed by atoms with Crippen LogP contribution in [0, 0.1) is 0 Å². The van der Waals surface area contributed by atoms with E-state index in [-0.39, 0.29) is 29.6 Å². The summed E-state index contributed by atoms with van der Waals surface area (Å²) in [5, 5.41) is 8.02. The molecule has 0 bridgehead atoms. The van der Waals surface area contributed by atoms with Crippen LogP contribution in [0.3, 0.4) is 0 Å². The van der Waals surface area contributed by atoms with Crippen LogP contribution in [-0.4, -0.2) is 29.9 Å². The van der Waals surface area contributed by atoms with Gasteiger partial charge in [0.05, 0.1) is 10.1 Å². The molecule has 140 valence electrons. The molecule has 0 rings (SSSR count). The van der Waals surface area contributed by atoms with Crippen molar-refractivity contribution in [2.45, 2.75) is 108 Å². The minimum Gasteiger partial charge on any atom is -0.748 e. The molecular weight excluding hydrogens is 335 g/mol. The van der Waals surface area contributed by atoms with Crippen molar-refractivity contribution in [3.63, 3.8) is 0 Å². The van der Waals surface area contributed by atoms with Gasteiger partial charge < -0.3 is 9.66 Å². The van der Waals surface area contributed by atoms with Gasteiger partial charge in [-0.05, 0) is 19.3 Å². The van der Waals surface area contributed by atoms with Crippen molar-refractivity contribution in [2.24, 2.45) is 0 Å². The Morgan fingerprint density at radius 1 is 0.750 bits per heavy atom. The fraction of sp³-hybridized carbons (Fsp3) is 1.00. The molecule has 0 saturated carbocycles. The molecular formula is C18H37NaO4S. The van der Waals surface area contributed by atoms with E-state index in [2.05, 4.69) is 6.92 Å². The van der Waals surface area contributed by atoms with Crippen molar-refractivity contribution in [1.82, 2.24) is 0 Å². The Hall–Kier alpha value is 0.870. The van der Waals surface area contributed by atoms with E-state index in [1.165, 1.54) is 25.7 Å². The van der Waals surface area contributed by atoms with Gasteiger partial charge in [-0.15, -0.1) is 0 Å². The number of aliphatic hydroxyl groups is 1. The third-order valence-corrected chi connectivity index (χ3v) is 5.76. The second-order valence-electron chi connectivity index (χ2n) is 6.66. The average Bonchev–Trinajstić information content (AvgIpc) is 2.50. The molecule has 1 N–H and O–H groups in total. The zero-order valence-corrected chi connectivity index (χ0v) is 18.8. The van der Waals surface area contributed by atoms with E-state index in [9.17, 15) is 13.0 Å². The van der Waals surface area contributed by atoms with E-state index in [0.29, 0.717) is 19.4 Å². The van der Waals surface area contributed by atoms with Gasteiger partial charge in [0.15, 0.2) is 0 Å². The fourth-order valence-corrected chi connectivity index (χ4v) is 3.86. The third kappa shape index (κ3) is 17.7. The molecule has 1 unspecified atom stereocenters. The van der Waals surface area contributed by atoms with E-state index < -0.39 is 15.4 Å². The van der Waals surface area contributed by atoms with Gasteiger partial charge in [-0.3, -0.25) is 0 Å². The molecule has 0 aliphatic heterocycles. The summed E-state index contributed by atoms with van der Waals surface area (Å²) in [5.74, 6) is 0. The van der Waals surface area contributed by atoms with Gasteiger partial charge in [0.2, 0.25) is 0 Å². The van der Waals surface area contributed by atoms with Gasteiger partial charge in [0.25, 0.3) is 0 Å². The van der Waals surface area contributed by atoms with Crippen molar-refractivity contribution >= 4 is 10.1 Å². The quantitative estimate of drug-likeness (QED) is 0.240. The first-order chi connectivity index (χ1) is 11.0. The number of aliphatic hydroxyl groups excluding tert-OH is 1. The van der Waals surface area contributed by atoms with Crippen molar-refractivity contribution in [1.29, 1.82) is 0 Å². The van der Waals surface area contributed by atoms with Crippen LogP contribution in [0.4, 0.5) is 0 Å². The molecule has 0 aliphatic carbocycles. The summed E-state index contributed by atoms with van der Waals surface area (Å²) in [4.78, 5) is 0. The van der Waals surface area contributed by atoms with Gasteiger partial charge in [0.1, 0.15) is 0 Å². The third-order valence-electron chi connectivity index (χ3n) is 4.47. The molecule has 0 radical (unpaired) electrons. The first kappa shape index (κ1) is 27.1. The topological polar surface area (TPSA) is 77.4 Å². The van der Waals surface area contributed by atoms with Crippen LogP contribution < -0.4 is 29.6 Å². The standard InChI is InChI=1S/C18H38O4S.Na/c1-2-3-4-12-15-18(23(20,21)22)16-13-10-8-6-5-7-9-11-14-17-19;/h18-19H,2-17H2,1H3,(H,20,21,22);/q;+1/p-1. The van der Waals surface area contributed by atoms with Gasteiger partial charge >= 0.3 is 29.6 Å². The van der Waals surface area contributed by atoms with Crippen molar-refractivity contribution in [3.05, 3.63) is 0 Å². The number of hydrogen-bond donors (Lipinski definition) is 1. The van der Waals surface area contributed by atoms with Crippen LogP contribution in [0.15, 0.2) is 0 Å². The smallest absolute Gasteiger partial charge is 0.748 e. The second-order valence-corrected chi connectivity index (χ2v) is 8.31. The molecule has 0 aliphatic rings. The van der Waals surface area contributed by atoms with Gasteiger partial charge in [0, 0.05) is 11.9 Å². The second kappa shape index (κ2) is 18.7. The first-order valence-electron chi connectivity index (χ1n) is 9.58. The summed E-state index contributed by atoms with van der Waals surface area (Å²) in [6.45, 7) is 2.41. The van der Waals surface area contributed by atoms with Gasteiger partial charge in [-0.2, -0.15) is 0 Å². The Labute approximate surface area is 172 Å². The molecule has 0 saturated heterocycles. The first-order valence-corrected chi connectivity index (χ1v) is 11.0. The summed E-state index contributed by atoms with van der Waals surface area (Å²) in [6.07, 6.45) is 15.0. The Morgan fingerprint density at radius 3 is 1.50 bits per heavy atom. The fourth-order valence-electron chi connectivity index (χ4n) is 2.95. The summed E-state index contributed by atoms with van der Waals surface area (Å²) < 4.78 is 33.9. The van der Waals surface area contributed by atoms with Crippen molar-refractivity contribution < 1.29 is 47.6 Å². The molecule has 24 heavy (non-hydrogen) atoms. The van der Waals surface area contributed by atoms with Crippen molar-refractivity contribution in [3.8, 4) is 0 Å². The Balaban J connectivity index is 0.